The van der Waals surface area contributed by atoms with Gasteiger partial charge < -0.3 is 10.1 Å². The van der Waals surface area contributed by atoms with Crippen LogP contribution < -0.4 is 5.32 Å². The Bertz CT molecular complexity index is 660. The maximum atomic E-state index is 12.1. The van der Waals surface area contributed by atoms with Crippen LogP contribution in [0.4, 0.5) is 5.69 Å². The zero-order chi connectivity index (χ0) is 15.4. The molecule has 1 N–H and O–H groups in total. The lowest BCUT2D eigenvalue weighted by molar-refractivity contribution is -0.141. The molecule has 0 bridgehead atoms. The number of carbonyl (C=O) groups excluding carboxylic acids is 1. The average molecular weight is 369 g/mol. The second-order valence-electron chi connectivity index (χ2n) is 4.61. The Balaban J connectivity index is 2.40. The van der Waals surface area contributed by atoms with Crippen LogP contribution in [0.15, 0.2) is 46.9 Å². The monoisotopic (exact) mass is 367 g/mol. The molecule has 21 heavy (non-hydrogen) atoms. The molecule has 1 unspecified atom stereocenters. The van der Waals surface area contributed by atoms with Crippen LogP contribution in [0.3, 0.4) is 0 Å². The van der Waals surface area contributed by atoms with E-state index >= 15 is 0 Å². The summed E-state index contributed by atoms with van der Waals surface area (Å²) in [5.41, 5.74) is 2.58. The predicted octanol–water partition coefficient (Wildman–Crippen LogP) is 4.74. The number of nitrogens with one attached hydrogen (secondary N) is 1. The largest absolute Gasteiger partial charge is 0.467 e. The average Bonchev–Trinajstić information content (AvgIpc) is 2.46. The number of methoxy groups -OCH3 is 1. The van der Waals surface area contributed by atoms with E-state index in [2.05, 4.69) is 21.2 Å². The zero-order valence-corrected chi connectivity index (χ0v) is 14.0. The van der Waals surface area contributed by atoms with Crippen molar-refractivity contribution in [3.05, 3.63) is 63.1 Å². The molecule has 2 aromatic carbocycles. The predicted molar refractivity (Wildman–Crippen MR) is 88.7 cm³/mol. The SMILES string of the molecule is COC(=O)C(Nc1ccccc1Cl)c1ccc(C)cc1Br. The molecule has 0 aliphatic carbocycles. The second-order valence-corrected chi connectivity index (χ2v) is 5.87. The molecule has 0 aliphatic rings. The van der Waals surface area contributed by atoms with Gasteiger partial charge >= 0.3 is 5.97 Å². The van der Waals surface area contributed by atoms with Crippen molar-refractivity contribution < 1.29 is 9.53 Å². The molecule has 0 aliphatic heterocycles. The van der Waals surface area contributed by atoms with Gasteiger partial charge in [0.05, 0.1) is 17.8 Å². The van der Waals surface area contributed by atoms with Crippen LogP contribution in [-0.2, 0) is 9.53 Å². The van der Waals surface area contributed by atoms with Crippen LogP contribution in [0.1, 0.15) is 17.2 Å². The minimum absolute atomic E-state index is 0.375. The van der Waals surface area contributed by atoms with E-state index in [1.165, 1.54) is 7.11 Å². The van der Waals surface area contributed by atoms with Crippen LogP contribution in [0, 0.1) is 6.92 Å². The minimum atomic E-state index is -0.634. The number of carbonyl (C=O) groups is 1. The van der Waals surface area contributed by atoms with Gasteiger partial charge in [-0.1, -0.05) is 51.8 Å². The van der Waals surface area contributed by atoms with Crippen LogP contribution >= 0.6 is 27.5 Å². The summed E-state index contributed by atoms with van der Waals surface area (Å²) in [5.74, 6) is -0.375. The van der Waals surface area contributed by atoms with Gasteiger partial charge in [0.15, 0.2) is 6.04 Å². The number of hydrogen-bond donors (Lipinski definition) is 1. The lowest BCUT2D eigenvalue weighted by Crippen LogP contribution is -2.23. The van der Waals surface area contributed by atoms with Gasteiger partial charge in [-0.3, -0.25) is 0 Å². The standard InChI is InChI=1S/C16H15BrClNO2/c1-10-7-8-11(12(17)9-10)15(16(20)21-2)19-14-6-4-3-5-13(14)18/h3-9,15,19H,1-2H3. The minimum Gasteiger partial charge on any atom is -0.467 e. The number of aryl methyl sites for hydroxylation is 1. The zero-order valence-electron chi connectivity index (χ0n) is 11.7. The third-order valence-electron chi connectivity index (χ3n) is 3.08. The van der Waals surface area contributed by atoms with Crippen LogP contribution in [0.25, 0.3) is 0 Å². The second kappa shape index (κ2) is 6.96. The van der Waals surface area contributed by atoms with E-state index in [-0.39, 0.29) is 5.97 Å². The molecule has 0 saturated heterocycles. The van der Waals surface area contributed by atoms with E-state index in [9.17, 15) is 4.79 Å². The number of ether oxygens (including phenoxy) is 1. The molecule has 1 atom stereocenters. The summed E-state index contributed by atoms with van der Waals surface area (Å²) in [5, 5.41) is 3.69. The van der Waals surface area contributed by atoms with Gasteiger partial charge in [-0.05, 0) is 36.2 Å². The molecule has 3 nitrogen and oxygen atoms in total. The van der Waals surface area contributed by atoms with Crippen molar-refractivity contribution in [2.45, 2.75) is 13.0 Å². The van der Waals surface area contributed by atoms with Gasteiger partial charge in [-0.2, -0.15) is 0 Å². The Morgan fingerprint density at radius 2 is 2.00 bits per heavy atom. The highest BCUT2D eigenvalue weighted by molar-refractivity contribution is 9.10. The fourth-order valence-corrected chi connectivity index (χ4v) is 2.89. The van der Waals surface area contributed by atoms with Gasteiger partial charge in [-0.15, -0.1) is 0 Å². The Morgan fingerprint density at radius 3 is 2.62 bits per heavy atom. The van der Waals surface area contributed by atoms with Gasteiger partial charge in [0.25, 0.3) is 0 Å². The van der Waals surface area contributed by atoms with E-state index in [0.717, 1.165) is 15.6 Å². The summed E-state index contributed by atoms with van der Waals surface area (Å²) < 4.78 is 5.74. The summed E-state index contributed by atoms with van der Waals surface area (Å²) in [7, 11) is 1.37. The molecule has 5 heteroatoms. The highest BCUT2D eigenvalue weighted by Crippen LogP contribution is 2.31. The normalized spacial score (nSPS) is 11.8. The topological polar surface area (TPSA) is 38.3 Å². The van der Waals surface area contributed by atoms with Crippen molar-refractivity contribution in [1.29, 1.82) is 0 Å². The molecular weight excluding hydrogens is 354 g/mol. The molecule has 0 amide bonds. The van der Waals surface area contributed by atoms with Gasteiger partial charge in [0.1, 0.15) is 0 Å². The molecule has 0 saturated carbocycles. The maximum absolute atomic E-state index is 12.1. The molecule has 0 radical (unpaired) electrons. The smallest absolute Gasteiger partial charge is 0.333 e. The lowest BCUT2D eigenvalue weighted by Gasteiger charge is -2.20. The summed E-state index contributed by atoms with van der Waals surface area (Å²) in [4.78, 5) is 12.1. The third-order valence-corrected chi connectivity index (χ3v) is 4.09. The molecule has 0 spiro atoms. The van der Waals surface area contributed by atoms with E-state index < -0.39 is 6.04 Å². The summed E-state index contributed by atoms with van der Waals surface area (Å²) in [6.45, 7) is 1.99. The van der Waals surface area contributed by atoms with Crippen molar-refractivity contribution in [2.24, 2.45) is 0 Å². The number of rotatable bonds is 4. The van der Waals surface area contributed by atoms with Crippen molar-refractivity contribution in [2.75, 3.05) is 12.4 Å². The van der Waals surface area contributed by atoms with Gasteiger partial charge in [0.2, 0.25) is 0 Å². The third kappa shape index (κ3) is 3.77. The fraction of sp³-hybridized carbons (Fsp3) is 0.188. The number of benzene rings is 2. The van der Waals surface area contributed by atoms with Gasteiger partial charge in [0, 0.05) is 4.47 Å². The summed E-state index contributed by atoms with van der Waals surface area (Å²) in [6.07, 6.45) is 0. The van der Waals surface area contributed by atoms with Crippen molar-refractivity contribution in [3.63, 3.8) is 0 Å². The van der Waals surface area contributed by atoms with Crippen molar-refractivity contribution >= 4 is 39.2 Å². The summed E-state index contributed by atoms with van der Waals surface area (Å²) >= 11 is 9.64. The number of para-hydroxylation sites is 1. The van der Waals surface area contributed by atoms with Crippen molar-refractivity contribution in [3.8, 4) is 0 Å². The van der Waals surface area contributed by atoms with E-state index in [4.69, 9.17) is 16.3 Å². The number of esters is 1. The Morgan fingerprint density at radius 1 is 1.29 bits per heavy atom. The number of hydrogen-bond acceptors (Lipinski definition) is 3. The van der Waals surface area contributed by atoms with E-state index in [0.29, 0.717) is 10.7 Å². The number of halogens is 2. The first kappa shape index (κ1) is 15.9. The van der Waals surface area contributed by atoms with Gasteiger partial charge in [-0.25, -0.2) is 4.79 Å². The Labute approximate surface area is 137 Å². The lowest BCUT2D eigenvalue weighted by atomic mass is 10.0. The molecule has 2 aromatic rings. The molecule has 0 aromatic heterocycles. The first-order chi connectivity index (χ1) is 10.0. The van der Waals surface area contributed by atoms with E-state index in [1.54, 1.807) is 6.07 Å². The fourth-order valence-electron chi connectivity index (χ4n) is 1.98. The molecule has 2 rings (SSSR count). The number of anilines is 1. The first-order valence-corrected chi connectivity index (χ1v) is 7.55. The van der Waals surface area contributed by atoms with Crippen LogP contribution in [0.5, 0.6) is 0 Å². The maximum Gasteiger partial charge on any atom is 0.333 e. The molecule has 0 heterocycles. The highest BCUT2D eigenvalue weighted by Gasteiger charge is 2.24. The molecule has 0 fully saturated rings. The first-order valence-electron chi connectivity index (χ1n) is 6.38. The quantitative estimate of drug-likeness (QED) is 0.792. The van der Waals surface area contributed by atoms with Crippen molar-refractivity contribution in [1.82, 2.24) is 0 Å². The highest BCUT2D eigenvalue weighted by atomic mass is 79.9. The Hall–Kier alpha value is -1.52. The van der Waals surface area contributed by atoms with Crippen LogP contribution in [0.2, 0.25) is 5.02 Å². The van der Waals surface area contributed by atoms with Crippen LogP contribution in [-0.4, -0.2) is 13.1 Å². The summed E-state index contributed by atoms with van der Waals surface area (Å²) in [6, 6.07) is 12.4. The molecule has 110 valence electrons. The van der Waals surface area contributed by atoms with E-state index in [1.807, 2.05) is 43.3 Å². The Kier molecular flexibility index (Phi) is 5.26. The molecular formula is C16H15BrClNO2.